The van der Waals surface area contributed by atoms with E-state index in [1.165, 1.54) is 12.1 Å². The number of allylic oxidation sites excluding steroid dienone is 1. The number of ether oxygens (including phenoxy) is 1. The van der Waals surface area contributed by atoms with E-state index >= 15 is 0 Å². The van der Waals surface area contributed by atoms with Crippen molar-refractivity contribution in [2.75, 3.05) is 13.2 Å². The molecule has 1 aliphatic heterocycles. The predicted molar refractivity (Wildman–Crippen MR) is 154 cm³/mol. The SMILES string of the molecule is Cn1cc(SN(C2COC2)C2CCC3=Cc4c(cnn4-c4ccc(F)cc4)CC3(C(=O)c3cc(C(F)(F)F)ccn3)C2)cn1. The maximum atomic E-state index is 14.5. The Bertz CT molecular complexity index is 1750. The van der Waals surface area contributed by atoms with E-state index in [2.05, 4.69) is 19.5 Å². The predicted octanol–water partition coefficient (Wildman–Crippen LogP) is 5.93. The molecule has 8 nitrogen and oxygen atoms in total. The van der Waals surface area contributed by atoms with Crippen LogP contribution in [-0.2, 0) is 24.4 Å². The number of hydrogen-bond acceptors (Lipinski definition) is 7. The molecule has 3 aromatic heterocycles. The third-order valence-corrected chi connectivity index (χ3v) is 9.92. The van der Waals surface area contributed by atoms with Crippen LogP contribution in [0.5, 0.6) is 0 Å². The topological polar surface area (TPSA) is 78.1 Å². The molecule has 1 saturated heterocycles. The average molecular weight is 625 g/mol. The van der Waals surface area contributed by atoms with Gasteiger partial charge in [0.05, 0.1) is 58.9 Å². The van der Waals surface area contributed by atoms with Crippen molar-refractivity contribution in [1.29, 1.82) is 0 Å². The number of ketones is 1. The number of carbonyl (C=O) groups excluding carboxylic acids is 1. The van der Waals surface area contributed by atoms with Crippen molar-refractivity contribution in [3.05, 3.63) is 95.1 Å². The third kappa shape index (κ3) is 5.16. The lowest BCUT2D eigenvalue weighted by molar-refractivity contribution is -0.137. The van der Waals surface area contributed by atoms with E-state index in [9.17, 15) is 22.4 Å². The first kappa shape index (κ1) is 28.9. The molecule has 0 bridgehead atoms. The summed E-state index contributed by atoms with van der Waals surface area (Å²) in [7, 11) is 1.85. The van der Waals surface area contributed by atoms with E-state index in [0.29, 0.717) is 31.7 Å². The molecule has 0 N–H and O–H groups in total. The van der Waals surface area contributed by atoms with Crippen molar-refractivity contribution in [2.45, 2.75) is 48.8 Å². The van der Waals surface area contributed by atoms with Crippen molar-refractivity contribution >= 4 is 23.8 Å². The van der Waals surface area contributed by atoms with Gasteiger partial charge in [-0.3, -0.25) is 14.5 Å². The lowest BCUT2D eigenvalue weighted by Gasteiger charge is -2.49. The third-order valence-electron chi connectivity index (χ3n) is 8.69. The molecule has 4 heterocycles. The number of alkyl halides is 3. The van der Waals surface area contributed by atoms with Gasteiger partial charge in [-0.1, -0.05) is 5.57 Å². The average Bonchev–Trinajstić information content (AvgIpc) is 3.59. The Morgan fingerprint density at radius 1 is 1.11 bits per heavy atom. The molecule has 0 spiro atoms. The molecule has 13 heteroatoms. The van der Waals surface area contributed by atoms with Gasteiger partial charge in [0.25, 0.3) is 0 Å². The van der Waals surface area contributed by atoms with Crippen molar-refractivity contribution in [3.63, 3.8) is 0 Å². The molecular formula is C31H28F4N6O2S. The van der Waals surface area contributed by atoms with Crippen LogP contribution >= 0.6 is 11.9 Å². The zero-order valence-electron chi connectivity index (χ0n) is 23.7. The zero-order chi connectivity index (χ0) is 30.6. The monoisotopic (exact) mass is 624 g/mol. The molecule has 1 aromatic carbocycles. The minimum atomic E-state index is -4.61. The highest BCUT2D eigenvalue weighted by Gasteiger charge is 2.52. The number of hydrogen-bond donors (Lipinski definition) is 0. The second kappa shape index (κ2) is 11.0. The molecule has 2 aliphatic carbocycles. The maximum absolute atomic E-state index is 14.5. The first-order valence-electron chi connectivity index (χ1n) is 14.3. The van der Waals surface area contributed by atoms with E-state index in [1.807, 2.05) is 19.3 Å². The molecule has 2 fully saturated rings. The van der Waals surface area contributed by atoms with Crippen LogP contribution in [0.3, 0.4) is 0 Å². The fourth-order valence-corrected chi connectivity index (χ4v) is 7.59. The number of Topliss-reactive ketones (excluding diaryl/α,β-unsaturated/α-hetero) is 1. The van der Waals surface area contributed by atoms with Crippen LogP contribution in [0.25, 0.3) is 11.8 Å². The molecule has 7 rings (SSSR count). The Kier molecular flexibility index (Phi) is 7.21. The summed E-state index contributed by atoms with van der Waals surface area (Å²) in [6.07, 6.45) is 5.73. The van der Waals surface area contributed by atoms with Gasteiger partial charge in [-0.2, -0.15) is 23.4 Å². The molecule has 44 heavy (non-hydrogen) atoms. The van der Waals surface area contributed by atoms with Crippen molar-refractivity contribution in [3.8, 4) is 5.69 Å². The van der Waals surface area contributed by atoms with Crippen LogP contribution in [0, 0.1) is 11.2 Å². The van der Waals surface area contributed by atoms with Crippen LogP contribution in [0.15, 0.2) is 71.7 Å². The molecule has 4 aromatic rings. The van der Waals surface area contributed by atoms with Gasteiger partial charge in [-0.05, 0) is 85.7 Å². The number of rotatable bonds is 7. The van der Waals surface area contributed by atoms with Gasteiger partial charge in [0, 0.05) is 25.5 Å². The highest BCUT2D eigenvalue weighted by atomic mass is 32.2. The number of benzene rings is 1. The first-order valence-corrected chi connectivity index (χ1v) is 15.0. The lowest BCUT2D eigenvalue weighted by Crippen LogP contribution is -2.54. The lowest BCUT2D eigenvalue weighted by atomic mass is 9.60. The second-order valence-corrected chi connectivity index (χ2v) is 12.6. The maximum Gasteiger partial charge on any atom is 0.416 e. The number of aryl methyl sites for hydroxylation is 1. The molecule has 2 atom stereocenters. The Hall–Kier alpha value is -3.81. The van der Waals surface area contributed by atoms with E-state index in [1.54, 1.807) is 45.8 Å². The molecule has 3 aliphatic rings. The van der Waals surface area contributed by atoms with Crippen LogP contribution in [0.4, 0.5) is 17.6 Å². The highest BCUT2D eigenvalue weighted by Crippen LogP contribution is 2.52. The van der Waals surface area contributed by atoms with Crippen LogP contribution in [-0.4, -0.2) is 59.9 Å². The van der Waals surface area contributed by atoms with Gasteiger partial charge in [0.2, 0.25) is 0 Å². The zero-order valence-corrected chi connectivity index (χ0v) is 24.5. The number of nitrogens with zero attached hydrogens (tertiary/aromatic N) is 6. The fourth-order valence-electron chi connectivity index (χ4n) is 6.45. The van der Waals surface area contributed by atoms with E-state index in [-0.39, 0.29) is 30.0 Å². The summed E-state index contributed by atoms with van der Waals surface area (Å²) in [4.78, 5) is 19.6. The molecule has 1 saturated carbocycles. The minimum absolute atomic E-state index is 0.0744. The van der Waals surface area contributed by atoms with Crippen LogP contribution in [0.1, 0.15) is 46.6 Å². The Morgan fingerprint density at radius 2 is 1.91 bits per heavy atom. The van der Waals surface area contributed by atoms with Gasteiger partial charge in [0.15, 0.2) is 5.78 Å². The standard InChI is InChI=1S/C31H28F4N6O2S/c1-39-16-26(15-37-39)44-41(25-17-43-18-25)24-5-2-20-11-28-19(14-38-40(28)23-6-3-22(32)4-7-23)12-30(20,13-24)29(42)27-10-21(8-9-36-27)31(33,34)35/h3-4,6-11,14-16,24-25H,2,5,12-13,17-18H2,1H3. The summed E-state index contributed by atoms with van der Waals surface area (Å²) in [5.41, 5.74) is 0.829. The van der Waals surface area contributed by atoms with E-state index < -0.39 is 22.9 Å². The first-order chi connectivity index (χ1) is 21.1. The molecular weight excluding hydrogens is 596 g/mol. The fraction of sp³-hybridized carbons (Fsp3) is 0.355. The molecule has 228 valence electrons. The number of carbonyl (C=O) groups is 1. The number of fused-ring (bicyclic) bond motifs is 2. The summed E-state index contributed by atoms with van der Waals surface area (Å²) in [6, 6.07) is 7.76. The van der Waals surface area contributed by atoms with Gasteiger partial charge in [-0.15, -0.1) is 0 Å². The van der Waals surface area contributed by atoms with E-state index in [0.717, 1.165) is 46.5 Å². The van der Waals surface area contributed by atoms with Gasteiger partial charge >= 0.3 is 6.18 Å². The van der Waals surface area contributed by atoms with Gasteiger partial charge < -0.3 is 4.74 Å². The van der Waals surface area contributed by atoms with Crippen molar-refractivity contribution in [1.82, 2.24) is 28.9 Å². The smallest absolute Gasteiger partial charge is 0.378 e. The van der Waals surface area contributed by atoms with Crippen molar-refractivity contribution < 1.29 is 27.1 Å². The largest absolute Gasteiger partial charge is 0.416 e. The summed E-state index contributed by atoms with van der Waals surface area (Å²) in [5.74, 6) is -0.800. The summed E-state index contributed by atoms with van der Waals surface area (Å²) in [6.45, 7) is 1.11. The second-order valence-electron chi connectivity index (χ2n) is 11.5. The summed E-state index contributed by atoms with van der Waals surface area (Å²) in [5, 5.41) is 8.86. The Labute approximate surface area is 254 Å². The molecule has 0 radical (unpaired) electrons. The van der Waals surface area contributed by atoms with Gasteiger partial charge in [0.1, 0.15) is 11.5 Å². The van der Waals surface area contributed by atoms with Crippen LogP contribution < -0.4 is 0 Å². The number of aromatic nitrogens is 5. The minimum Gasteiger partial charge on any atom is -0.378 e. The number of halogens is 4. The van der Waals surface area contributed by atoms with Gasteiger partial charge in [-0.25, -0.2) is 13.4 Å². The van der Waals surface area contributed by atoms with Crippen LogP contribution in [0.2, 0.25) is 0 Å². The summed E-state index contributed by atoms with van der Waals surface area (Å²) >= 11 is 1.57. The van der Waals surface area contributed by atoms with Crippen molar-refractivity contribution in [2.24, 2.45) is 12.5 Å². The number of pyridine rings is 1. The summed E-state index contributed by atoms with van der Waals surface area (Å²) < 4.78 is 66.0. The van der Waals surface area contributed by atoms with E-state index in [4.69, 9.17) is 4.74 Å². The highest BCUT2D eigenvalue weighted by molar-refractivity contribution is 7.97. The molecule has 2 unspecified atom stereocenters. The Balaban J connectivity index is 1.30. The molecule has 0 amide bonds. The normalized spacial score (nSPS) is 21.9. The Morgan fingerprint density at radius 3 is 2.59 bits per heavy atom. The quantitative estimate of drug-likeness (QED) is 0.143.